The van der Waals surface area contributed by atoms with Gasteiger partial charge in [0.25, 0.3) is 10.0 Å². The third kappa shape index (κ3) is 6.20. The van der Waals surface area contributed by atoms with E-state index in [1.54, 1.807) is 55.5 Å². The highest BCUT2D eigenvalue weighted by Crippen LogP contribution is 2.32. The van der Waals surface area contributed by atoms with Crippen LogP contribution < -0.4 is 14.4 Å². The predicted octanol–water partition coefficient (Wildman–Crippen LogP) is 3.48. The second-order valence-corrected chi connectivity index (χ2v) is 12.0. The van der Waals surface area contributed by atoms with Crippen LogP contribution in [0.4, 0.5) is 5.69 Å². The number of para-hydroxylation sites is 2. The van der Waals surface area contributed by atoms with E-state index >= 15 is 0 Å². The topological polar surface area (TPSA) is 110 Å². The molecule has 3 aromatic carbocycles. The Hall–Kier alpha value is -3.37. The quantitative estimate of drug-likeness (QED) is 0.466. The van der Waals surface area contributed by atoms with E-state index in [-0.39, 0.29) is 15.5 Å². The van der Waals surface area contributed by atoms with Crippen molar-refractivity contribution in [3.05, 3.63) is 83.9 Å². The van der Waals surface area contributed by atoms with E-state index in [0.29, 0.717) is 11.3 Å². The molecular weight excluding hydrogens is 488 g/mol. The molecule has 0 aromatic heterocycles. The molecule has 0 heterocycles. The molecule has 10 heteroatoms. The van der Waals surface area contributed by atoms with Gasteiger partial charge < -0.3 is 10.1 Å². The van der Waals surface area contributed by atoms with Crippen molar-refractivity contribution in [3.63, 3.8) is 0 Å². The van der Waals surface area contributed by atoms with Crippen molar-refractivity contribution in [1.82, 2.24) is 5.32 Å². The number of benzene rings is 3. The fourth-order valence-corrected chi connectivity index (χ4v) is 5.54. The highest BCUT2D eigenvalue weighted by atomic mass is 32.2. The van der Waals surface area contributed by atoms with E-state index in [0.717, 1.165) is 16.1 Å². The van der Waals surface area contributed by atoms with Gasteiger partial charge in [0.15, 0.2) is 9.84 Å². The molecular formula is C25H28N2O6S2. The van der Waals surface area contributed by atoms with Crippen molar-refractivity contribution in [2.75, 3.05) is 24.2 Å². The molecule has 0 bridgehead atoms. The molecule has 186 valence electrons. The second kappa shape index (κ2) is 10.5. The Morgan fingerprint density at radius 1 is 0.914 bits per heavy atom. The lowest BCUT2D eigenvalue weighted by molar-refractivity contribution is -0.120. The van der Waals surface area contributed by atoms with Gasteiger partial charge in [-0.1, -0.05) is 42.0 Å². The fraction of sp³-hybridized carbons (Fsp3) is 0.240. The van der Waals surface area contributed by atoms with Crippen LogP contribution in [0, 0.1) is 6.92 Å². The van der Waals surface area contributed by atoms with Crippen LogP contribution in [0.1, 0.15) is 24.1 Å². The van der Waals surface area contributed by atoms with Crippen LogP contribution in [-0.4, -0.2) is 42.7 Å². The Morgan fingerprint density at radius 3 is 2.06 bits per heavy atom. The van der Waals surface area contributed by atoms with Crippen molar-refractivity contribution < 1.29 is 26.4 Å². The normalized spacial score (nSPS) is 12.6. The largest absolute Gasteiger partial charge is 0.495 e. The molecule has 0 aliphatic carbocycles. The molecule has 8 nitrogen and oxygen atoms in total. The number of carbonyl (C=O) groups excluding carboxylic acids is 1. The van der Waals surface area contributed by atoms with Gasteiger partial charge in [0, 0.05) is 6.26 Å². The number of hydrogen-bond acceptors (Lipinski definition) is 6. The highest BCUT2D eigenvalue weighted by molar-refractivity contribution is 7.93. The summed E-state index contributed by atoms with van der Waals surface area (Å²) in [6.45, 7) is 3.10. The van der Waals surface area contributed by atoms with Crippen LogP contribution in [0.25, 0.3) is 0 Å². The average molecular weight is 517 g/mol. The molecule has 0 aliphatic heterocycles. The number of sulfone groups is 1. The highest BCUT2D eigenvalue weighted by Gasteiger charge is 2.29. The fourth-order valence-electron chi connectivity index (χ4n) is 3.48. The summed E-state index contributed by atoms with van der Waals surface area (Å²) in [4.78, 5) is 13.2. The Labute approximate surface area is 206 Å². The van der Waals surface area contributed by atoms with E-state index in [9.17, 15) is 21.6 Å². The third-order valence-corrected chi connectivity index (χ3v) is 8.34. The van der Waals surface area contributed by atoms with E-state index in [1.807, 2.05) is 6.92 Å². The number of nitrogens with one attached hydrogen (secondary N) is 1. The zero-order chi connectivity index (χ0) is 25.8. The summed E-state index contributed by atoms with van der Waals surface area (Å²) in [6.07, 6.45) is 1.12. The standard InChI is InChI=1S/C25H28N2O6S2/c1-18-9-13-22(14-10-18)35(31,32)27(23-7-5-6-8-24(23)33-3)17-25(28)26-19(2)20-11-15-21(16-12-20)34(4,29)30/h5-16,19H,17H2,1-4H3,(H,26,28)/t19-/m1/s1. The molecule has 0 spiro atoms. The molecule has 3 rings (SSSR count). The van der Waals surface area contributed by atoms with Gasteiger partial charge in [0.2, 0.25) is 5.91 Å². The van der Waals surface area contributed by atoms with Gasteiger partial charge in [-0.3, -0.25) is 9.10 Å². The molecule has 35 heavy (non-hydrogen) atoms. The Morgan fingerprint density at radius 2 is 1.49 bits per heavy atom. The maximum atomic E-state index is 13.6. The van der Waals surface area contributed by atoms with Crippen molar-refractivity contribution in [2.45, 2.75) is 29.7 Å². The number of ether oxygens (including phenoxy) is 1. The second-order valence-electron chi connectivity index (χ2n) is 8.13. The van der Waals surface area contributed by atoms with E-state index in [4.69, 9.17) is 4.74 Å². The summed E-state index contributed by atoms with van der Waals surface area (Å²) in [5.41, 5.74) is 1.81. The van der Waals surface area contributed by atoms with Gasteiger partial charge in [-0.2, -0.15) is 0 Å². The Balaban J connectivity index is 1.90. The average Bonchev–Trinajstić information content (AvgIpc) is 2.82. The van der Waals surface area contributed by atoms with E-state index in [1.165, 1.54) is 31.4 Å². The molecule has 0 aliphatic rings. The summed E-state index contributed by atoms with van der Waals surface area (Å²) in [7, 11) is -6.01. The molecule has 0 fully saturated rings. The molecule has 0 saturated carbocycles. The lowest BCUT2D eigenvalue weighted by atomic mass is 10.1. The van der Waals surface area contributed by atoms with Gasteiger partial charge in [0.05, 0.1) is 28.6 Å². The molecule has 0 saturated heterocycles. The minimum absolute atomic E-state index is 0.0474. The smallest absolute Gasteiger partial charge is 0.264 e. The third-order valence-electron chi connectivity index (χ3n) is 5.44. The monoisotopic (exact) mass is 516 g/mol. The summed E-state index contributed by atoms with van der Waals surface area (Å²) in [5.74, 6) is -0.230. The first-order valence-electron chi connectivity index (χ1n) is 10.8. The minimum atomic E-state index is -4.10. The zero-order valence-electron chi connectivity index (χ0n) is 19.9. The van der Waals surface area contributed by atoms with Crippen LogP contribution in [0.15, 0.2) is 82.6 Å². The van der Waals surface area contributed by atoms with E-state index < -0.39 is 38.4 Å². The van der Waals surface area contributed by atoms with Crippen molar-refractivity contribution in [1.29, 1.82) is 0 Å². The first kappa shape index (κ1) is 26.2. The minimum Gasteiger partial charge on any atom is -0.495 e. The first-order valence-corrected chi connectivity index (χ1v) is 14.1. The van der Waals surface area contributed by atoms with Gasteiger partial charge in [-0.05, 0) is 55.8 Å². The maximum Gasteiger partial charge on any atom is 0.264 e. The maximum absolute atomic E-state index is 13.6. The SMILES string of the molecule is COc1ccccc1N(CC(=O)N[C@H](C)c1ccc(S(C)(=O)=O)cc1)S(=O)(=O)c1ccc(C)cc1. The lowest BCUT2D eigenvalue weighted by Crippen LogP contribution is -2.41. The summed E-state index contributed by atoms with van der Waals surface area (Å²) in [5, 5.41) is 2.79. The van der Waals surface area contributed by atoms with Gasteiger partial charge >= 0.3 is 0 Å². The summed E-state index contributed by atoms with van der Waals surface area (Å²) >= 11 is 0. The molecule has 0 radical (unpaired) electrons. The molecule has 1 N–H and O–H groups in total. The number of rotatable bonds is 9. The number of methoxy groups -OCH3 is 1. The summed E-state index contributed by atoms with van der Waals surface area (Å²) in [6, 6.07) is 18.6. The van der Waals surface area contributed by atoms with Gasteiger partial charge in [-0.15, -0.1) is 0 Å². The molecule has 1 atom stereocenters. The van der Waals surface area contributed by atoms with Gasteiger partial charge in [0.1, 0.15) is 12.3 Å². The zero-order valence-corrected chi connectivity index (χ0v) is 21.6. The molecule has 3 aromatic rings. The van der Waals surface area contributed by atoms with Crippen LogP contribution >= 0.6 is 0 Å². The van der Waals surface area contributed by atoms with Crippen LogP contribution in [0.2, 0.25) is 0 Å². The Kier molecular flexibility index (Phi) is 7.86. The van der Waals surface area contributed by atoms with Crippen LogP contribution in [-0.2, 0) is 24.7 Å². The number of carbonyl (C=O) groups is 1. The number of aryl methyl sites for hydroxylation is 1. The molecule has 0 unspecified atom stereocenters. The van der Waals surface area contributed by atoms with Crippen LogP contribution in [0.3, 0.4) is 0 Å². The van der Waals surface area contributed by atoms with Crippen molar-refractivity contribution >= 4 is 31.5 Å². The number of amides is 1. The van der Waals surface area contributed by atoms with Gasteiger partial charge in [-0.25, -0.2) is 16.8 Å². The summed E-state index contributed by atoms with van der Waals surface area (Å²) < 4.78 is 56.9. The number of sulfonamides is 1. The molecule has 1 amide bonds. The number of hydrogen-bond donors (Lipinski definition) is 1. The number of anilines is 1. The lowest BCUT2D eigenvalue weighted by Gasteiger charge is -2.26. The number of nitrogens with zero attached hydrogens (tertiary/aromatic N) is 1. The predicted molar refractivity (Wildman–Crippen MR) is 135 cm³/mol. The van der Waals surface area contributed by atoms with Crippen molar-refractivity contribution in [3.8, 4) is 5.75 Å². The van der Waals surface area contributed by atoms with Crippen LogP contribution in [0.5, 0.6) is 5.75 Å². The van der Waals surface area contributed by atoms with Crippen molar-refractivity contribution in [2.24, 2.45) is 0 Å². The Bertz CT molecular complexity index is 1400. The van der Waals surface area contributed by atoms with E-state index in [2.05, 4.69) is 5.32 Å². The first-order chi connectivity index (χ1) is 16.4.